The van der Waals surface area contributed by atoms with Crippen molar-refractivity contribution in [3.63, 3.8) is 0 Å². The van der Waals surface area contributed by atoms with E-state index in [0.717, 1.165) is 43.9 Å². The van der Waals surface area contributed by atoms with Crippen LogP contribution in [0.1, 0.15) is 50.7 Å². The van der Waals surface area contributed by atoms with E-state index in [1.54, 1.807) is 7.11 Å². The minimum absolute atomic E-state index is 0.0778. The van der Waals surface area contributed by atoms with Gasteiger partial charge in [0.1, 0.15) is 11.5 Å². The number of likely N-dealkylation sites (tertiary alicyclic amines) is 1. The predicted molar refractivity (Wildman–Crippen MR) is 80.7 cm³/mol. The fourth-order valence-corrected chi connectivity index (χ4v) is 3.15. The summed E-state index contributed by atoms with van der Waals surface area (Å²) >= 11 is 0. The third kappa shape index (κ3) is 3.25. The van der Waals surface area contributed by atoms with Gasteiger partial charge in [0.2, 0.25) is 0 Å². The molecule has 1 aliphatic heterocycles. The Bertz CT molecular complexity index is 432. The van der Waals surface area contributed by atoms with Crippen LogP contribution in [0.15, 0.2) is 16.5 Å². The summed E-state index contributed by atoms with van der Waals surface area (Å²) < 4.78 is 11.6. The Morgan fingerprint density at radius 1 is 1.50 bits per heavy atom. The first-order valence-corrected chi connectivity index (χ1v) is 7.60. The lowest BCUT2D eigenvalue weighted by atomic mass is 9.91. The van der Waals surface area contributed by atoms with Crippen LogP contribution in [0.5, 0.6) is 0 Å². The summed E-state index contributed by atoms with van der Waals surface area (Å²) in [5, 5.41) is 0. The molecule has 3 atom stereocenters. The summed E-state index contributed by atoms with van der Waals surface area (Å²) in [5.74, 6) is 1.93. The molecule has 1 aromatic heterocycles. The Balaban J connectivity index is 2.23. The van der Waals surface area contributed by atoms with Gasteiger partial charge in [-0.25, -0.2) is 0 Å². The number of nitrogens with two attached hydrogens (primary N) is 1. The first kappa shape index (κ1) is 15.5. The molecule has 0 aliphatic carbocycles. The van der Waals surface area contributed by atoms with Crippen molar-refractivity contribution in [3.05, 3.63) is 23.7 Å². The van der Waals surface area contributed by atoms with Gasteiger partial charge in [-0.3, -0.25) is 4.90 Å². The molecule has 2 rings (SSSR count). The largest absolute Gasteiger partial charge is 0.465 e. The number of hydrogen-bond acceptors (Lipinski definition) is 4. The molecule has 2 heterocycles. The lowest BCUT2D eigenvalue weighted by molar-refractivity contribution is -0.0665. The lowest BCUT2D eigenvalue weighted by Gasteiger charge is -2.44. The van der Waals surface area contributed by atoms with E-state index in [-0.39, 0.29) is 17.7 Å². The molecule has 0 spiro atoms. The van der Waals surface area contributed by atoms with E-state index in [2.05, 4.69) is 24.8 Å². The maximum absolute atomic E-state index is 6.38. The predicted octanol–water partition coefficient (Wildman–Crippen LogP) is 2.87. The number of hydrogen-bond donors (Lipinski definition) is 1. The van der Waals surface area contributed by atoms with Crippen LogP contribution in [0.2, 0.25) is 0 Å². The Kier molecular flexibility index (Phi) is 4.89. The maximum Gasteiger partial charge on any atom is 0.122 e. The second-order valence-electron chi connectivity index (χ2n) is 6.19. The van der Waals surface area contributed by atoms with Crippen LogP contribution in [-0.2, 0) is 4.74 Å². The first-order chi connectivity index (χ1) is 9.49. The summed E-state index contributed by atoms with van der Waals surface area (Å²) in [6.45, 7) is 8.25. The van der Waals surface area contributed by atoms with E-state index in [9.17, 15) is 0 Å². The van der Waals surface area contributed by atoms with Gasteiger partial charge in [0.05, 0.1) is 11.6 Å². The molecular formula is C16H28N2O2. The van der Waals surface area contributed by atoms with Gasteiger partial charge in [-0.15, -0.1) is 0 Å². The molecule has 114 valence electrons. The van der Waals surface area contributed by atoms with Gasteiger partial charge < -0.3 is 14.9 Å². The van der Waals surface area contributed by atoms with E-state index in [4.69, 9.17) is 14.9 Å². The molecule has 0 saturated carbocycles. The van der Waals surface area contributed by atoms with Crippen molar-refractivity contribution in [1.82, 2.24) is 4.90 Å². The third-order valence-electron chi connectivity index (χ3n) is 4.50. The van der Waals surface area contributed by atoms with Crippen LogP contribution in [0, 0.1) is 6.92 Å². The molecule has 1 aliphatic rings. The number of ether oxygens (including phenoxy) is 1. The van der Waals surface area contributed by atoms with Crippen LogP contribution >= 0.6 is 0 Å². The van der Waals surface area contributed by atoms with E-state index in [0.29, 0.717) is 0 Å². The highest BCUT2D eigenvalue weighted by atomic mass is 16.5. The minimum Gasteiger partial charge on any atom is -0.465 e. The van der Waals surface area contributed by atoms with Crippen LogP contribution in [0.25, 0.3) is 0 Å². The number of aryl methyl sites for hydroxylation is 1. The minimum atomic E-state index is -0.0778. The molecule has 1 fully saturated rings. The van der Waals surface area contributed by atoms with Gasteiger partial charge in [0.25, 0.3) is 0 Å². The van der Waals surface area contributed by atoms with Crippen LogP contribution < -0.4 is 5.73 Å². The lowest BCUT2D eigenvalue weighted by Crippen LogP contribution is -2.52. The van der Waals surface area contributed by atoms with Gasteiger partial charge in [-0.05, 0) is 51.8 Å². The fraction of sp³-hybridized carbons (Fsp3) is 0.750. The summed E-state index contributed by atoms with van der Waals surface area (Å²) in [6.07, 6.45) is 3.17. The van der Waals surface area contributed by atoms with Crippen LogP contribution in [-0.4, -0.2) is 36.7 Å². The molecule has 0 aromatic carbocycles. The molecule has 2 N–H and O–H groups in total. The average molecular weight is 280 g/mol. The van der Waals surface area contributed by atoms with Gasteiger partial charge in [0.15, 0.2) is 0 Å². The van der Waals surface area contributed by atoms with Crippen LogP contribution in [0.3, 0.4) is 0 Å². The van der Waals surface area contributed by atoms with Crippen molar-refractivity contribution >= 4 is 0 Å². The molecule has 20 heavy (non-hydrogen) atoms. The highest BCUT2D eigenvalue weighted by Gasteiger charge is 2.37. The Morgan fingerprint density at radius 2 is 2.25 bits per heavy atom. The molecule has 4 nitrogen and oxygen atoms in total. The van der Waals surface area contributed by atoms with Crippen LogP contribution in [0.4, 0.5) is 0 Å². The fourth-order valence-electron chi connectivity index (χ4n) is 3.15. The van der Waals surface area contributed by atoms with Gasteiger partial charge in [0, 0.05) is 19.7 Å². The Labute approximate surface area is 122 Å². The number of piperidine rings is 1. The maximum atomic E-state index is 6.38. The van der Waals surface area contributed by atoms with E-state index < -0.39 is 0 Å². The average Bonchev–Trinajstić information content (AvgIpc) is 2.85. The molecule has 0 amide bonds. The standard InChI is InChI=1S/C16H28N2O2/c1-5-13(17)15(14-8-7-12(2)20-14)18-10-6-9-16(3,11-18)19-4/h7-8,13,15H,5-6,9-11,17H2,1-4H3. The second kappa shape index (κ2) is 6.29. The molecule has 1 aromatic rings. The van der Waals surface area contributed by atoms with Crippen molar-refractivity contribution < 1.29 is 9.15 Å². The van der Waals surface area contributed by atoms with Crippen molar-refractivity contribution in [2.24, 2.45) is 5.73 Å². The quantitative estimate of drug-likeness (QED) is 0.901. The molecule has 4 heteroatoms. The zero-order chi connectivity index (χ0) is 14.8. The summed E-state index contributed by atoms with van der Waals surface area (Å²) in [4.78, 5) is 2.43. The summed E-state index contributed by atoms with van der Waals surface area (Å²) in [5.41, 5.74) is 6.30. The van der Waals surface area contributed by atoms with Gasteiger partial charge in [-0.1, -0.05) is 6.92 Å². The summed E-state index contributed by atoms with van der Waals surface area (Å²) in [7, 11) is 1.80. The van der Waals surface area contributed by atoms with Crippen molar-refractivity contribution in [1.29, 1.82) is 0 Å². The normalized spacial score (nSPS) is 27.4. The molecular weight excluding hydrogens is 252 g/mol. The monoisotopic (exact) mass is 280 g/mol. The zero-order valence-corrected chi connectivity index (χ0v) is 13.2. The SMILES string of the molecule is CCC(N)C(c1ccc(C)o1)N1CCCC(C)(OC)C1. The van der Waals surface area contributed by atoms with Crippen molar-refractivity contribution in [2.75, 3.05) is 20.2 Å². The number of furan rings is 1. The Hall–Kier alpha value is -0.840. The number of nitrogens with zero attached hydrogens (tertiary/aromatic N) is 1. The van der Waals surface area contributed by atoms with E-state index in [1.807, 2.05) is 13.0 Å². The number of methoxy groups -OCH3 is 1. The summed E-state index contributed by atoms with van der Waals surface area (Å²) in [6, 6.07) is 4.31. The van der Waals surface area contributed by atoms with Gasteiger partial charge in [-0.2, -0.15) is 0 Å². The number of rotatable bonds is 5. The first-order valence-electron chi connectivity index (χ1n) is 7.60. The van der Waals surface area contributed by atoms with Crippen molar-refractivity contribution in [2.45, 2.75) is 57.7 Å². The molecule has 0 bridgehead atoms. The molecule has 1 saturated heterocycles. The highest BCUT2D eigenvalue weighted by molar-refractivity contribution is 5.13. The van der Waals surface area contributed by atoms with E-state index >= 15 is 0 Å². The molecule has 3 unspecified atom stereocenters. The van der Waals surface area contributed by atoms with Crippen molar-refractivity contribution in [3.8, 4) is 0 Å². The van der Waals surface area contributed by atoms with E-state index in [1.165, 1.54) is 0 Å². The Morgan fingerprint density at radius 3 is 2.80 bits per heavy atom. The third-order valence-corrected chi connectivity index (χ3v) is 4.50. The smallest absolute Gasteiger partial charge is 0.122 e. The van der Waals surface area contributed by atoms with Gasteiger partial charge >= 0.3 is 0 Å². The molecule has 0 radical (unpaired) electrons. The zero-order valence-electron chi connectivity index (χ0n) is 13.2. The highest BCUT2D eigenvalue weighted by Crippen LogP contribution is 2.33. The second-order valence-corrected chi connectivity index (χ2v) is 6.19. The topological polar surface area (TPSA) is 51.6 Å².